The van der Waals surface area contributed by atoms with Gasteiger partial charge in [0.15, 0.2) is 12.5 Å². The number of rotatable bonds is 12. The minimum Gasteiger partial charge on any atom is -0.383 e. The van der Waals surface area contributed by atoms with Crippen LogP contribution in [0.1, 0.15) is 62.4 Å². The minimum atomic E-state index is -1.05. The Labute approximate surface area is 301 Å². The van der Waals surface area contributed by atoms with Crippen LogP contribution >= 0.6 is 0 Å². The molecule has 51 heavy (non-hydrogen) atoms. The molecular formula is C46H45N3O2. The van der Waals surface area contributed by atoms with Gasteiger partial charge in [0, 0.05) is 17.3 Å². The number of nitrogens with zero attached hydrogens (tertiary/aromatic N) is 2. The Morgan fingerprint density at radius 1 is 0.608 bits per heavy atom. The Balaban J connectivity index is 1.31. The van der Waals surface area contributed by atoms with Gasteiger partial charge in [-0.25, -0.2) is 4.99 Å². The van der Waals surface area contributed by atoms with Gasteiger partial charge in [0.05, 0.1) is 5.60 Å². The zero-order valence-electron chi connectivity index (χ0n) is 29.6. The molecule has 5 heteroatoms. The van der Waals surface area contributed by atoms with Crippen molar-refractivity contribution in [2.45, 2.75) is 45.8 Å². The van der Waals surface area contributed by atoms with Gasteiger partial charge in [-0.2, -0.15) is 0 Å². The molecule has 2 atom stereocenters. The Morgan fingerprint density at radius 3 is 1.63 bits per heavy atom. The second kappa shape index (κ2) is 15.9. The molecule has 6 aromatic rings. The quantitative estimate of drug-likeness (QED) is 0.0772. The summed E-state index contributed by atoms with van der Waals surface area (Å²) in [7, 11) is 0. The number of hydrogen-bond donors (Lipinski definition) is 2. The first-order valence-electron chi connectivity index (χ1n) is 17.4. The van der Waals surface area contributed by atoms with E-state index in [1.165, 1.54) is 0 Å². The summed E-state index contributed by atoms with van der Waals surface area (Å²) >= 11 is 0. The molecule has 0 amide bonds. The molecule has 256 valence electrons. The second-order valence-corrected chi connectivity index (χ2v) is 13.6. The van der Waals surface area contributed by atoms with Crippen molar-refractivity contribution in [1.29, 1.82) is 0 Å². The number of nitrogens with two attached hydrogens (primary N) is 1. The van der Waals surface area contributed by atoms with Gasteiger partial charge in [0.25, 0.3) is 0 Å². The molecule has 0 heterocycles. The van der Waals surface area contributed by atoms with Crippen LogP contribution in [0.15, 0.2) is 168 Å². The van der Waals surface area contributed by atoms with Crippen LogP contribution in [-0.4, -0.2) is 22.8 Å². The summed E-state index contributed by atoms with van der Waals surface area (Å²) in [6.07, 6.45) is 0.206. The normalized spacial score (nSPS) is 13.4. The van der Waals surface area contributed by atoms with E-state index < -0.39 is 18.1 Å². The van der Waals surface area contributed by atoms with Gasteiger partial charge in [-0.05, 0) is 76.4 Å². The molecule has 0 aliphatic heterocycles. The monoisotopic (exact) mass is 671 g/mol. The summed E-state index contributed by atoms with van der Waals surface area (Å²) in [5.41, 5.74) is 16.0. The average Bonchev–Trinajstić information content (AvgIpc) is 3.17. The molecule has 0 bridgehead atoms. The predicted molar refractivity (Wildman–Crippen MR) is 212 cm³/mol. The largest absolute Gasteiger partial charge is 0.383 e. The summed E-state index contributed by atoms with van der Waals surface area (Å²) in [4.78, 5) is 9.96. The number of benzene rings is 6. The van der Waals surface area contributed by atoms with Crippen LogP contribution in [0.5, 0.6) is 0 Å². The zero-order valence-corrected chi connectivity index (χ0v) is 29.6. The van der Waals surface area contributed by atoms with Crippen LogP contribution in [-0.2, 0) is 4.74 Å². The van der Waals surface area contributed by atoms with Crippen LogP contribution in [0.2, 0.25) is 0 Å². The lowest BCUT2D eigenvalue weighted by molar-refractivity contribution is -0.191. The first kappa shape index (κ1) is 35.2. The minimum absolute atomic E-state index is 0.237. The number of amidine groups is 1. The molecule has 6 aromatic carbocycles. The third kappa shape index (κ3) is 8.95. The van der Waals surface area contributed by atoms with Crippen LogP contribution in [0, 0.1) is 5.92 Å². The molecule has 6 rings (SSSR count). The van der Waals surface area contributed by atoms with Crippen LogP contribution in [0.3, 0.4) is 0 Å². The zero-order chi connectivity index (χ0) is 35.8. The molecule has 0 aliphatic carbocycles. The molecule has 0 saturated carbocycles. The van der Waals surface area contributed by atoms with Crippen molar-refractivity contribution in [3.63, 3.8) is 0 Å². The molecule has 0 aliphatic rings. The van der Waals surface area contributed by atoms with Crippen molar-refractivity contribution >= 4 is 12.1 Å². The van der Waals surface area contributed by atoms with Gasteiger partial charge in [0.1, 0.15) is 5.84 Å². The third-order valence-corrected chi connectivity index (χ3v) is 9.43. The number of aliphatic hydroxyl groups excluding tert-OH is 1. The SMILES string of the molecule is CC(C)C(C)(C)O[C@H](O)c1cccc(-c2cccc(C(N=Cc3ccc(-c4ccccc4)cc3)N=C(N)c3ccc(-c4ccccc4)cc3)c2)c1. The smallest absolute Gasteiger partial charge is 0.181 e. The molecule has 0 fully saturated rings. The summed E-state index contributed by atoms with van der Waals surface area (Å²) in [5, 5.41) is 11.0. The van der Waals surface area contributed by atoms with Gasteiger partial charge in [-0.15, -0.1) is 0 Å². The third-order valence-electron chi connectivity index (χ3n) is 9.43. The maximum absolute atomic E-state index is 11.0. The van der Waals surface area contributed by atoms with E-state index in [2.05, 4.69) is 80.6 Å². The van der Waals surface area contributed by atoms with E-state index >= 15 is 0 Å². The molecule has 0 spiro atoms. The van der Waals surface area contributed by atoms with Crippen molar-refractivity contribution in [1.82, 2.24) is 0 Å². The molecule has 3 N–H and O–H groups in total. The number of ether oxygens (including phenoxy) is 1. The molecule has 0 radical (unpaired) electrons. The van der Waals surface area contributed by atoms with E-state index in [1.807, 2.05) is 111 Å². The summed E-state index contributed by atoms with van der Waals surface area (Å²) < 4.78 is 6.07. The van der Waals surface area contributed by atoms with Crippen LogP contribution in [0.25, 0.3) is 33.4 Å². The van der Waals surface area contributed by atoms with Gasteiger partial charge in [-0.1, -0.05) is 159 Å². The first-order chi connectivity index (χ1) is 24.7. The van der Waals surface area contributed by atoms with E-state index in [4.69, 9.17) is 20.5 Å². The maximum Gasteiger partial charge on any atom is 0.181 e. The highest BCUT2D eigenvalue weighted by Crippen LogP contribution is 2.32. The topological polar surface area (TPSA) is 80.2 Å². The van der Waals surface area contributed by atoms with Gasteiger partial charge in [0.2, 0.25) is 0 Å². The molecule has 0 saturated heterocycles. The van der Waals surface area contributed by atoms with Gasteiger partial charge in [-0.3, -0.25) is 4.99 Å². The fourth-order valence-electron chi connectivity index (χ4n) is 5.66. The van der Waals surface area contributed by atoms with Crippen molar-refractivity contribution in [2.75, 3.05) is 0 Å². The lowest BCUT2D eigenvalue weighted by Crippen LogP contribution is -2.32. The van der Waals surface area contributed by atoms with E-state index in [0.29, 0.717) is 11.4 Å². The Bertz CT molecular complexity index is 2090. The second-order valence-electron chi connectivity index (χ2n) is 13.6. The average molecular weight is 672 g/mol. The summed E-state index contributed by atoms with van der Waals surface area (Å²) in [5.74, 6) is 0.637. The molecule has 5 nitrogen and oxygen atoms in total. The van der Waals surface area contributed by atoms with Crippen molar-refractivity contribution in [3.8, 4) is 33.4 Å². The van der Waals surface area contributed by atoms with E-state index in [9.17, 15) is 5.11 Å². The summed E-state index contributed by atoms with van der Waals surface area (Å²) in [6.45, 7) is 8.16. The fourth-order valence-corrected chi connectivity index (χ4v) is 5.66. The maximum atomic E-state index is 11.0. The highest BCUT2D eigenvalue weighted by atomic mass is 16.6. The lowest BCUT2D eigenvalue weighted by Gasteiger charge is -2.32. The number of hydrogen-bond acceptors (Lipinski definition) is 4. The number of aliphatic hydroxyl groups is 1. The fraction of sp³-hybridized carbons (Fsp3) is 0.174. The van der Waals surface area contributed by atoms with Gasteiger partial charge >= 0.3 is 0 Å². The van der Waals surface area contributed by atoms with E-state index in [1.54, 1.807) is 0 Å². The highest BCUT2D eigenvalue weighted by Gasteiger charge is 2.27. The Hall–Kier alpha value is -5.62. The standard InChI is InChI=1S/C46H45N3O2/c1-32(2)46(3,4)51-45(50)42-20-12-18-40(30-42)39-17-11-19-41(29-39)44(48-31-33-21-23-36(24-22-33)34-13-7-5-8-14-34)49-43(47)38-27-25-37(26-28-38)35-15-9-6-10-16-35/h5-32,44-45,50H,1-4H3,(H2,47,49)/t44?,45-/m0/s1. The molecule has 0 aromatic heterocycles. The molecule has 1 unspecified atom stereocenters. The van der Waals surface area contributed by atoms with E-state index in [0.717, 1.165) is 50.1 Å². The van der Waals surface area contributed by atoms with Gasteiger partial charge < -0.3 is 15.6 Å². The van der Waals surface area contributed by atoms with Crippen molar-refractivity contribution in [3.05, 3.63) is 180 Å². The predicted octanol–water partition coefficient (Wildman–Crippen LogP) is 10.7. The molecular weight excluding hydrogens is 627 g/mol. The lowest BCUT2D eigenvalue weighted by atomic mass is 9.94. The van der Waals surface area contributed by atoms with Crippen LogP contribution < -0.4 is 5.73 Å². The van der Waals surface area contributed by atoms with E-state index in [-0.39, 0.29) is 5.92 Å². The Morgan fingerprint density at radius 2 is 1.08 bits per heavy atom. The Kier molecular flexibility index (Phi) is 11.0. The summed E-state index contributed by atoms with van der Waals surface area (Å²) in [6, 6.07) is 53.0. The van der Waals surface area contributed by atoms with Crippen LogP contribution in [0.4, 0.5) is 0 Å². The number of aliphatic imine (C=N–C) groups is 2. The first-order valence-corrected chi connectivity index (χ1v) is 17.4. The highest BCUT2D eigenvalue weighted by molar-refractivity contribution is 5.98. The van der Waals surface area contributed by atoms with Crippen molar-refractivity contribution < 1.29 is 9.84 Å². The van der Waals surface area contributed by atoms with Crippen molar-refractivity contribution in [2.24, 2.45) is 21.6 Å².